The van der Waals surface area contributed by atoms with Crippen LogP contribution in [0.2, 0.25) is 5.02 Å². The van der Waals surface area contributed by atoms with E-state index in [1.807, 2.05) is 0 Å². The van der Waals surface area contributed by atoms with Crippen molar-refractivity contribution in [3.63, 3.8) is 0 Å². The van der Waals surface area contributed by atoms with Crippen LogP contribution in [-0.2, 0) is 0 Å². The van der Waals surface area contributed by atoms with Crippen LogP contribution in [0.4, 0.5) is 4.39 Å². The van der Waals surface area contributed by atoms with Gasteiger partial charge in [0, 0.05) is 10.1 Å². The summed E-state index contributed by atoms with van der Waals surface area (Å²) in [6.45, 7) is 0.192. The molecule has 0 saturated carbocycles. The van der Waals surface area contributed by atoms with E-state index in [0.717, 1.165) is 16.9 Å². The summed E-state index contributed by atoms with van der Waals surface area (Å²) in [5, 5.41) is 4.85. The number of ether oxygens (including phenoxy) is 2. The van der Waals surface area contributed by atoms with Crippen LogP contribution in [0.15, 0.2) is 41.5 Å². The van der Waals surface area contributed by atoms with Gasteiger partial charge in [-0.1, -0.05) is 11.6 Å². The Kier molecular flexibility index (Phi) is 4.03. The van der Waals surface area contributed by atoms with Gasteiger partial charge in [-0.05, 0) is 42.0 Å². The highest BCUT2D eigenvalue weighted by Crippen LogP contribution is 2.35. The smallest absolute Gasteiger partial charge is 0.283 e. The Morgan fingerprint density at radius 1 is 1.24 bits per heavy atom. The molecule has 2 aromatic carbocycles. The number of rotatable bonds is 3. The number of thiophene rings is 1. The van der Waals surface area contributed by atoms with E-state index in [1.54, 1.807) is 24.3 Å². The molecule has 126 valence electrons. The number of fused-ring (bicyclic) bond motifs is 2. The molecule has 1 aromatic heterocycles. The van der Waals surface area contributed by atoms with Crippen LogP contribution in [0, 0.1) is 5.82 Å². The minimum absolute atomic E-state index is 0.192. The molecule has 1 aliphatic heterocycles. The Labute approximate surface area is 150 Å². The van der Waals surface area contributed by atoms with Crippen molar-refractivity contribution in [2.45, 2.75) is 0 Å². The largest absolute Gasteiger partial charge is 0.454 e. The molecule has 0 aliphatic carbocycles. The molecular weight excluding hydrogens is 367 g/mol. The third-order valence-corrected chi connectivity index (χ3v) is 5.23. The van der Waals surface area contributed by atoms with Gasteiger partial charge < -0.3 is 9.47 Å². The molecule has 0 bridgehead atoms. The van der Waals surface area contributed by atoms with Crippen molar-refractivity contribution in [3.8, 4) is 11.5 Å². The van der Waals surface area contributed by atoms with Crippen molar-refractivity contribution in [2.75, 3.05) is 6.79 Å². The van der Waals surface area contributed by atoms with E-state index in [1.165, 1.54) is 18.3 Å². The third-order valence-electron chi connectivity index (χ3n) is 3.57. The van der Waals surface area contributed by atoms with E-state index in [2.05, 4.69) is 10.5 Å². The molecule has 0 unspecified atom stereocenters. The molecule has 1 aliphatic rings. The molecule has 0 atom stereocenters. The highest BCUT2D eigenvalue weighted by atomic mass is 35.5. The predicted molar refractivity (Wildman–Crippen MR) is 94.4 cm³/mol. The van der Waals surface area contributed by atoms with Gasteiger partial charge in [0.15, 0.2) is 11.5 Å². The van der Waals surface area contributed by atoms with Gasteiger partial charge in [-0.15, -0.1) is 11.3 Å². The fourth-order valence-corrected chi connectivity index (χ4v) is 3.83. The molecule has 0 fully saturated rings. The van der Waals surface area contributed by atoms with Crippen LogP contribution in [-0.4, -0.2) is 18.9 Å². The second-order valence-electron chi connectivity index (χ2n) is 5.20. The summed E-state index contributed by atoms with van der Waals surface area (Å²) < 4.78 is 24.4. The number of hydrogen-bond donors (Lipinski definition) is 1. The third kappa shape index (κ3) is 3.04. The van der Waals surface area contributed by atoms with Crippen LogP contribution in [0.5, 0.6) is 11.5 Å². The lowest BCUT2D eigenvalue weighted by atomic mass is 10.2. The quantitative estimate of drug-likeness (QED) is 0.551. The standard InChI is InChI=1S/C17H10ClFN2O3S/c18-15-11-3-2-10(19)6-14(11)25-16(15)17(22)21-20-7-9-1-4-12-13(5-9)24-8-23-12/h1-7H,8H2,(H,21,22)/b20-7-. The topological polar surface area (TPSA) is 59.9 Å². The number of hydrazone groups is 1. The zero-order valence-corrected chi connectivity index (χ0v) is 14.2. The first kappa shape index (κ1) is 15.9. The highest BCUT2D eigenvalue weighted by molar-refractivity contribution is 7.21. The SMILES string of the molecule is O=C(N/N=C\c1ccc2c(c1)OCO2)c1sc2cc(F)ccc2c1Cl. The molecule has 5 nitrogen and oxygen atoms in total. The van der Waals surface area contributed by atoms with E-state index < -0.39 is 5.91 Å². The maximum Gasteiger partial charge on any atom is 0.283 e. The first-order chi connectivity index (χ1) is 12.1. The van der Waals surface area contributed by atoms with Crippen LogP contribution < -0.4 is 14.9 Å². The van der Waals surface area contributed by atoms with Crippen molar-refractivity contribution >= 4 is 45.1 Å². The van der Waals surface area contributed by atoms with Gasteiger partial charge in [0.05, 0.1) is 11.2 Å². The Morgan fingerprint density at radius 2 is 2.08 bits per heavy atom. The van der Waals surface area contributed by atoms with Crippen molar-refractivity contribution in [3.05, 3.63) is 57.7 Å². The zero-order valence-electron chi connectivity index (χ0n) is 12.6. The van der Waals surface area contributed by atoms with E-state index in [4.69, 9.17) is 21.1 Å². The zero-order chi connectivity index (χ0) is 17.4. The fraction of sp³-hybridized carbons (Fsp3) is 0.0588. The van der Waals surface area contributed by atoms with Gasteiger partial charge >= 0.3 is 0 Å². The molecule has 0 spiro atoms. The first-order valence-corrected chi connectivity index (χ1v) is 8.42. The molecule has 8 heteroatoms. The maximum absolute atomic E-state index is 13.3. The molecule has 1 amide bonds. The number of carbonyl (C=O) groups is 1. The Morgan fingerprint density at radius 3 is 2.96 bits per heavy atom. The molecule has 1 N–H and O–H groups in total. The first-order valence-electron chi connectivity index (χ1n) is 7.22. The second kappa shape index (κ2) is 6.34. The summed E-state index contributed by atoms with van der Waals surface area (Å²) >= 11 is 7.32. The minimum Gasteiger partial charge on any atom is -0.454 e. The molecule has 2 heterocycles. The summed E-state index contributed by atoms with van der Waals surface area (Å²) in [5.74, 6) is 0.470. The molecule has 25 heavy (non-hydrogen) atoms. The molecular formula is C17H10ClFN2O3S. The monoisotopic (exact) mass is 376 g/mol. The van der Waals surface area contributed by atoms with Crippen molar-refractivity contribution < 1.29 is 18.7 Å². The number of nitrogens with zero attached hydrogens (tertiary/aromatic N) is 1. The van der Waals surface area contributed by atoms with Gasteiger partial charge in [0.2, 0.25) is 6.79 Å². The number of benzene rings is 2. The lowest BCUT2D eigenvalue weighted by Gasteiger charge is -1.99. The van der Waals surface area contributed by atoms with Crippen LogP contribution in [0.25, 0.3) is 10.1 Å². The van der Waals surface area contributed by atoms with E-state index in [9.17, 15) is 9.18 Å². The number of nitrogens with one attached hydrogen (secondary N) is 1. The van der Waals surface area contributed by atoms with Gasteiger partial charge in [0.25, 0.3) is 5.91 Å². The molecule has 0 saturated heterocycles. The predicted octanol–water partition coefficient (Wildman–Crippen LogP) is 4.19. The number of carbonyl (C=O) groups excluding carboxylic acids is 1. The van der Waals surface area contributed by atoms with E-state index in [0.29, 0.717) is 21.6 Å². The van der Waals surface area contributed by atoms with Crippen molar-refractivity contribution in [2.24, 2.45) is 5.10 Å². The summed E-state index contributed by atoms with van der Waals surface area (Å²) in [6.07, 6.45) is 1.49. The summed E-state index contributed by atoms with van der Waals surface area (Å²) in [6, 6.07) is 9.52. The highest BCUT2D eigenvalue weighted by Gasteiger charge is 2.17. The molecule has 3 aromatic rings. The van der Waals surface area contributed by atoms with E-state index in [-0.39, 0.29) is 22.5 Å². The second-order valence-corrected chi connectivity index (χ2v) is 6.63. The maximum atomic E-state index is 13.3. The van der Waals surface area contributed by atoms with E-state index >= 15 is 0 Å². The van der Waals surface area contributed by atoms with Crippen molar-refractivity contribution in [1.82, 2.24) is 5.43 Å². The van der Waals surface area contributed by atoms with Gasteiger partial charge in [0.1, 0.15) is 10.7 Å². The average molecular weight is 377 g/mol. The normalized spacial score (nSPS) is 12.9. The van der Waals surface area contributed by atoms with Gasteiger partial charge in [-0.3, -0.25) is 4.79 Å². The Bertz CT molecular complexity index is 1020. The minimum atomic E-state index is -0.455. The lowest BCUT2D eigenvalue weighted by Crippen LogP contribution is -2.16. The van der Waals surface area contributed by atoms with Gasteiger partial charge in [-0.2, -0.15) is 5.10 Å². The Balaban J connectivity index is 1.51. The van der Waals surface area contributed by atoms with Gasteiger partial charge in [-0.25, -0.2) is 9.82 Å². The fourth-order valence-electron chi connectivity index (χ4n) is 2.39. The van der Waals surface area contributed by atoms with Crippen LogP contribution in [0.1, 0.15) is 15.2 Å². The van der Waals surface area contributed by atoms with Crippen molar-refractivity contribution in [1.29, 1.82) is 0 Å². The average Bonchev–Trinajstić information content (AvgIpc) is 3.18. The molecule has 0 radical (unpaired) electrons. The van der Waals surface area contributed by atoms with Crippen LogP contribution >= 0.6 is 22.9 Å². The number of amides is 1. The lowest BCUT2D eigenvalue weighted by molar-refractivity contribution is 0.0959. The summed E-state index contributed by atoms with van der Waals surface area (Å²) in [4.78, 5) is 12.5. The Hall–Kier alpha value is -2.64. The number of hydrogen-bond acceptors (Lipinski definition) is 5. The van der Waals surface area contributed by atoms with Crippen LogP contribution in [0.3, 0.4) is 0 Å². The summed E-state index contributed by atoms with van der Waals surface area (Å²) in [7, 11) is 0. The molecule has 4 rings (SSSR count). The summed E-state index contributed by atoms with van der Waals surface area (Å²) in [5.41, 5.74) is 3.17. The number of halogens is 2.